The third-order valence-corrected chi connectivity index (χ3v) is 5.15. The van der Waals surface area contributed by atoms with Gasteiger partial charge in [-0.3, -0.25) is 0 Å². The summed E-state index contributed by atoms with van der Waals surface area (Å²) in [5.74, 6) is 0.695. The molecule has 7 heteroatoms. The Labute approximate surface area is 239 Å². The van der Waals surface area contributed by atoms with Gasteiger partial charge in [0.2, 0.25) is 0 Å². The SMILES string of the molecule is Fc1ccc(S)cc1.Oc1ccc(F)cc1.Oc1ccccc1.SCc1ccccc1.Sc1ccccc1. The highest BCUT2D eigenvalue weighted by atomic mass is 32.1. The molecule has 5 rings (SSSR count). The average Bonchev–Trinajstić information content (AvgIpc) is 2.95. The number of halogens is 2. The number of rotatable bonds is 1. The van der Waals surface area contributed by atoms with Crippen molar-refractivity contribution in [1.29, 1.82) is 0 Å². The molecule has 5 aromatic rings. The predicted octanol–water partition coefficient (Wildman–Crippen LogP) is 9.13. The van der Waals surface area contributed by atoms with Crippen LogP contribution in [0.25, 0.3) is 0 Å². The van der Waals surface area contributed by atoms with Crippen LogP contribution in [0.2, 0.25) is 0 Å². The molecular formula is C31H30F2O2S3. The molecule has 0 saturated heterocycles. The molecule has 0 radical (unpaired) electrons. The van der Waals surface area contributed by atoms with E-state index in [2.05, 4.69) is 50.0 Å². The Bertz CT molecular complexity index is 1100. The van der Waals surface area contributed by atoms with Crippen LogP contribution in [0.15, 0.2) is 149 Å². The van der Waals surface area contributed by atoms with Gasteiger partial charge in [-0.1, -0.05) is 66.7 Å². The summed E-state index contributed by atoms with van der Waals surface area (Å²) < 4.78 is 24.0. The number of benzene rings is 5. The quantitative estimate of drug-likeness (QED) is 0.131. The lowest BCUT2D eigenvalue weighted by atomic mass is 10.2. The van der Waals surface area contributed by atoms with Crippen molar-refractivity contribution in [2.45, 2.75) is 15.5 Å². The zero-order valence-corrected chi connectivity index (χ0v) is 23.2. The molecule has 5 aromatic carbocycles. The molecule has 0 saturated carbocycles. The Morgan fingerprint density at radius 1 is 0.447 bits per heavy atom. The molecule has 38 heavy (non-hydrogen) atoms. The zero-order chi connectivity index (χ0) is 28.0. The fourth-order valence-electron chi connectivity index (χ4n) is 2.32. The molecule has 2 nitrogen and oxygen atoms in total. The van der Waals surface area contributed by atoms with Crippen LogP contribution in [0.5, 0.6) is 11.5 Å². The second-order valence-corrected chi connectivity index (χ2v) is 8.62. The first-order chi connectivity index (χ1) is 18.3. The van der Waals surface area contributed by atoms with Crippen molar-refractivity contribution in [3.8, 4) is 11.5 Å². The molecule has 0 aliphatic rings. The number of hydrogen-bond acceptors (Lipinski definition) is 5. The first kappa shape index (κ1) is 32.6. The van der Waals surface area contributed by atoms with Crippen LogP contribution in [0.3, 0.4) is 0 Å². The minimum atomic E-state index is -0.331. The molecule has 0 fully saturated rings. The van der Waals surface area contributed by atoms with Crippen molar-refractivity contribution in [2.75, 3.05) is 0 Å². The van der Waals surface area contributed by atoms with E-state index in [1.807, 2.05) is 54.6 Å². The Kier molecular flexibility index (Phi) is 17.7. The molecule has 2 N–H and O–H groups in total. The van der Waals surface area contributed by atoms with Gasteiger partial charge in [-0.2, -0.15) is 12.6 Å². The summed E-state index contributed by atoms with van der Waals surface area (Å²) in [5, 5.41) is 17.2. The second-order valence-electron chi connectivity index (χ2n) is 7.27. The molecule has 0 aromatic heterocycles. The summed E-state index contributed by atoms with van der Waals surface area (Å²) in [6, 6.07) is 39.7. The van der Waals surface area contributed by atoms with E-state index in [0.29, 0.717) is 5.75 Å². The number of hydrogen-bond donors (Lipinski definition) is 5. The van der Waals surface area contributed by atoms with Crippen molar-refractivity contribution >= 4 is 37.9 Å². The van der Waals surface area contributed by atoms with E-state index in [0.717, 1.165) is 15.5 Å². The van der Waals surface area contributed by atoms with Gasteiger partial charge in [-0.05, 0) is 78.4 Å². The normalized spacial score (nSPS) is 8.97. The average molecular weight is 569 g/mol. The van der Waals surface area contributed by atoms with Gasteiger partial charge >= 0.3 is 0 Å². The molecule has 0 spiro atoms. The molecule has 0 aliphatic carbocycles. The molecule has 198 valence electrons. The summed E-state index contributed by atoms with van der Waals surface area (Å²) in [7, 11) is 0. The number of phenols is 2. The van der Waals surface area contributed by atoms with Crippen molar-refractivity contribution < 1.29 is 19.0 Å². The molecule has 0 unspecified atom stereocenters. The van der Waals surface area contributed by atoms with Crippen molar-refractivity contribution in [1.82, 2.24) is 0 Å². The highest BCUT2D eigenvalue weighted by molar-refractivity contribution is 7.80. The van der Waals surface area contributed by atoms with E-state index in [9.17, 15) is 8.78 Å². The van der Waals surface area contributed by atoms with E-state index < -0.39 is 0 Å². The Morgan fingerprint density at radius 3 is 1.05 bits per heavy atom. The fourth-order valence-corrected chi connectivity index (χ4v) is 2.85. The molecule has 0 heterocycles. The van der Waals surface area contributed by atoms with Crippen LogP contribution in [0.1, 0.15) is 5.56 Å². The summed E-state index contributed by atoms with van der Waals surface area (Å²) in [6.45, 7) is 0. The third kappa shape index (κ3) is 17.9. The van der Waals surface area contributed by atoms with Crippen LogP contribution in [0.4, 0.5) is 8.78 Å². The fraction of sp³-hybridized carbons (Fsp3) is 0.0323. The van der Waals surface area contributed by atoms with Gasteiger partial charge in [0, 0.05) is 15.5 Å². The highest BCUT2D eigenvalue weighted by Crippen LogP contribution is 2.07. The van der Waals surface area contributed by atoms with Gasteiger partial charge in [0.15, 0.2) is 0 Å². The number of aromatic hydroxyl groups is 2. The number of para-hydroxylation sites is 1. The second kappa shape index (κ2) is 20.6. The Balaban J connectivity index is 0.000000238. The molecule has 0 aliphatic heterocycles. The summed E-state index contributed by atoms with van der Waals surface area (Å²) >= 11 is 12.2. The maximum atomic E-state index is 12.1. The number of phenolic OH excluding ortho intramolecular Hbond substituents is 2. The van der Waals surface area contributed by atoms with E-state index in [4.69, 9.17) is 10.2 Å². The lowest BCUT2D eigenvalue weighted by molar-refractivity contribution is 0.473. The van der Waals surface area contributed by atoms with Crippen molar-refractivity contribution in [3.63, 3.8) is 0 Å². The maximum Gasteiger partial charge on any atom is 0.123 e. The van der Waals surface area contributed by atoms with Crippen LogP contribution in [-0.2, 0) is 5.75 Å². The van der Waals surface area contributed by atoms with Gasteiger partial charge in [0.25, 0.3) is 0 Å². The predicted molar refractivity (Wildman–Crippen MR) is 163 cm³/mol. The van der Waals surface area contributed by atoms with Crippen LogP contribution < -0.4 is 0 Å². The highest BCUT2D eigenvalue weighted by Gasteiger charge is 1.86. The van der Waals surface area contributed by atoms with Crippen LogP contribution in [-0.4, -0.2) is 10.2 Å². The van der Waals surface area contributed by atoms with Crippen molar-refractivity contribution in [3.05, 3.63) is 157 Å². The van der Waals surface area contributed by atoms with Crippen LogP contribution in [0, 0.1) is 11.6 Å². The van der Waals surface area contributed by atoms with Gasteiger partial charge in [0.05, 0.1) is 0 Å². The molecule has 0 amide bonds. The lowest BCUT2D eigenvalue weighted by Gasteiger charge is -1.89. The summed E-state index contributed by atoms with van der Waals surface area (Å²) in [4.78, 5) is 1.80. The van der Waals surface area contributed by atoms with Crippen molar-refractivity contribution in [2.24, 2.45) is 0 Å². The number of thiol groups is 3. The largest absolute Gasteiger partial charge is 0.508 e. The first-order valence-corrected chi connectivity index (χ1v) is 12.8. The topological polar surface area (TPSA) is 40.5 Å². The molecule has 0 atom stereocenters. The van der Waals surface area contributed by atoms with E-state index in [-0.39, 0.29) is 17.4 Å². The maximum absolute atomic E-state index is 12.1. The zero-order valence-electron chi connectivity index (χ0n) is 20.5. The Hall–Kier alpha value is -3.39. The Morgan fingerprint density at radius 2 is 0.789 bits per heavy atom. The first-order valence-electron chi connectivity index (χ1n) is 11.3. The van der Waals surface area contributed by atoms with E-state index in [1.165, 1.54) is 42.0 Å². The monoisotopic (exact) mass is 568 g/mol. The molecular weight excluding hydrogens is 539 g/mol. The summed E-state index contributed by atoms with van der Waals surface area (Å²) in [6.07, 6.45) is 0. The van der Waals surface area contributed by atoms with E-state index in [1.54, 1.807) is 36.4 Å². The summed E-state index contributed by atoms with van der Waals surface area (Å²) in [5.41, 5.74) is 1.27. The third-order valence-electron chi connectivity index (χ3n) is 4.19. The van der Waals surface area contributed by atoms with Gasteiger partial charge in [-0.25, -0.2) is 8.78 Å². The van der Waals surface area contributed by atoms with Crippen LogP contribution >= 0.6 is 37.9 Å². The van der Waals surface area contributed by atoms with Gasteiger partial charge in [0.1, 0.15) is 23.1 Å². The van der Waals surface area contributed by atoms with E-state index >= 15 is 0 Å². The standard InChI is InChI=1S/C7H8S.C6H5FO.C6H5FS.C6H6O.C6H6S/c8-6-7-4-2-1-3-5-7;2*7-5-1-3-6(8)4-2-5;2*7-6-4-2-1-3-5-6/h1-5,8H,6H2;2*1-4,8H;2*1-5,7H. The smallest absolute Gasteiger partial charge is 0.123 e. The minimum absolute atomic E-state index is 0.0893. The molecule has 0 bridgehead atoms. The minimum Gasteiger partial charge on any atom is -0.508 e. The lowest BCUT2D eigenvalue weighted by Crippen LogP contribution is -1.71. The van der Waals surface area contributed by atoms with Gasteiger partial charge in [-0.15, -0.1) is 25.3 Å². The van der Waals surface area contributed by atoms with Gasteiger partial charge < -0.3 is 10.2 Å².